The summed E-state index contributed by atoms with van der Waals surface area (Å²) in [6.07, 6.45) is 5.13. The van der Waals surface area contributed by atoms with Crippen molar-refractivity contribution in [1.82, 2.24) is 14.9 Å². The largest absolute Gasteiger partial charge is 0.321 e. The highest BCUT2D eigenvalue weighted by Crippen LogP contribution is 2.31. The van der Waals surface area contributed by atoms with Crippen molar-refractivity contribution in [3.63, 3.8) is 0 Å². The number of halogens is 2. The Morgan fingerprint density at radius 1 is 1.24 bits per heavy atom. The molecule has 2 N–H and O–H groups in total. The van der Waals surface area contributed by atoms with Crippen molar-refractivity contribution in [3.8, 4) is 0 Å². The highest BCUT2D eigenvalue weighted by atomic mass is 35.5. The topological polar surface area (TPSA) is 47.6 Å². The van der Waals surface area contributed by atoms with E-state index in [1.165, 1.54) is 28.7 Å². The summed E-state index contributed by atoms with van der Waals surface area (Å²) >= 11 is 6.20. The van der Waals surface area contributed by atoms with E-state index in [1.54, 1.807) is 23.4 Å². The summed E-state index contributed by atoms with van der Waals surface area (Å²) in [4.78, 5) is 12.2. The molecule has 2 aliphatic heterocycles. The molecule has 1 amide bonds. The number of hydrogen-bond acceptors (Lipinski definition) is 4. The number of allylic oxidation sites excluding steroid dienone is 2. The van der Waals surface area contributed by atoms with Crippen LogP contribution in [0.4, 0.5) is 10.1 Å². The number of rotatable bonds is 2. The van der Waals surface area contributed by atoms with E-state index in [0.717, 1.165) is 5.70 Å². The fraction of sp³-hybridized carbons (Fsp3) is 0.0714. The summed E-state index contributed by atoms with van der Waals surface area (Å²) in [6, 6.07) is 5.53. The molecule has 21 heavy (non-hydrogen) atoms. The van der Waals surface area contributed by atoms with Crippen molar-refractivity contribution in [2.75, 3.05) is 12.4 Å². The monoisotopic (exact) mass is 306 g/mol. The van der Waals surface area contributed by atoms with Gasteiger partial charge in [-0.15, -0.1) is 0 Å². The molecule has 108 valence electrons. The van der Waals surface area contributed by atoms with Gasteiger partial charge in [0.05, 0.1) is 5.70 Å². The molecule has 0 radical (unpaired) electrons. The Kier molecular flexibility index (Phi) is 3.31. The second-order valence-electron chi connectivity index (χ2n) is 4.56. The Morgan fingerprint density at radius 3 is 2.67 bits per heavy atom. The van der Waals surface area contributed by atoms with E-state index in [2.05, 4.69) is 10.7 Å². The minimum absolute atomic E-state index is 0.285. The van der Waals surface area contributed by atoms with Crippen LogP contribution in [0.5, 0.6) is 0 Å². The maximum Gasteiger partial charge on any atom is 0.273 e. The Morgan fingerprint density at radius 2 is 1.95 bits per heavy atom. The first-order valence-corrected chi connectivity index (χ1v) is 6.55. The van der Waals surface area contributed by atoms with Gasteiger partial charge in [-0.3, -0.25) is 9.80 Å². The molecule has 0 spiro atoms. The summed E-state index contributed by atoms with van der Waals surface area (Å²) in [5, 5.41) is 4.46. The van der Waals surface area contributed by atoms with E-state index in [9.17, 15) is 9.18 Å². The Balaban J connectivity index is 1.80. The summed E-state index contributed by atoms with van der Waals surface area (Å²) in [5.74, 6) is -0.732. The molecule has 0 saturated carbocycles. The maximum absolute atomic E-state index is 12.8. The summed E-state index contributed by atoms with van der Waals surface area (Å²) in [7, 11) is 1.84. The van der Waals surface area contributed by atoms with E-state index in [4.69, 9.17) is 11.8 Å². The maximum atomic E-state index is 12.8. The number of anilines is 1. The molecule has 7 heteroatoms. The van der Waals surface area contributed by atoms with Crippen LogP contribution in [0, 0.1) is 5.82 Å². The lowest BCUT2D eigenvalue weighted by molar-refractivity contribution is -0.113. The molecule has 0 aromatic heterocycles. The number of likely N-dealkylation sites (N-methyl/N-ethyl adjacent to an activating group) is 1. The van der Waals surface area contributed by atoms with Crippen molar-refractivity contribution >= 4 is 23.4 Å². The van der Waals surface area contributed by atoms with Crippen molar-refractivity contribution in [2.45, 2.75) is 0 Å². The van der Waals surface area contributed by atoms with Gasteiger partial charge in [0, 0.05) is 30.7 Å². The SMILES string of the molecule is CN1NC=C2C1=CC=C(C(=O)Nc1ccc(F)cc1)N2Cl. The smallest absolute Gasteiger partial charge is 0.273 e. The lowest BCUT2D eigenvalue weighted by Crippen LogP contribution is -2.29. The molecule has 0 saturated heterocycles. The predicted octanol–water partition coefficient (Wildman–Crippen LogP) is 2.29. The lowest BCUT2D eigenvalue weighted by Gasteiger charge is -2.25. The van der Waals surface area contributed by atoms with E-state index in [0.29, 0.717) is 11.4 Å². The molecule has 2 heterocycles. The Hall–Kier alpha value is -2.47. The van der Waals surface area contributed by atoms with Crippen LogP contribution in [0.3, 0.4) is 0 Å². The molecule has 1 aromatic carbocycles. The number of hydrogen-bond donors (Lipinski definition) is 2. The molecule has 5 nitrogen and oxygen atoms in total. The zero-order valence-electron chi connectivity index (χ0n) is 11.1. The first-order chi connectivity index (χ1) is 10.1. The quantitative estimate of drug-likeness (QED) is 0.823. The third kappa shape index (κ3) is 2.45. The summed E-state index contributed by atoms with van der Waals surface area (Å²) in [6.45, 7) is 0. The Labute approximate surface area is 126 Å². The highest BCUT2D eigenvalue weighted by molar-refractivity contribution is 6.20. The van der Waals surface area contributed by atoms with Gasteiger partial charge in [0.1, 0.15) is 17.2 Å². The number of nitrogens with one attached hydrogen (secondary N) is 2. The Bertz CT molecular complexity index is 681. The van der Waals surface area contributed by atoms with Gasteiger partial charge < -0.3 is 10.7 Å². The van der Waals surface area contributed by atoms with Crippen molar-refractivity contribution < 1.29 is 9.18 Å². The van der Waals surface area contributed by atoms with Gasteiger partial charge in [0.15, 0.2) is 0 Å². The summed E-state index contributed by atoms with van der Waals surface area (Å²) in [5.41, 5.74) is 5.31. The van der Waals surface area contributed by atoms with E-state index < -0.39 is 0 Å². The number of carbonyl (C=O) groups is 1. The van der Waals surface area contributed by atoms with E-state index in [1.807, 2.05) is 7.05 Å². The number of carbonyl (C=O) groups excluding carboxylic acids is 1. The van der Waals surface area contributed by atoms with Crippen molar-refractivity contribution in [1.29, 1.82) is 0 Å². The van der Waals surface area contributed by atoms with Crippen LogP contribution >= 0.6 is 11.8 Å². The van der Waals surface area contributed by atoms with Gasteiger partial charge >= 0.3 is 0 Å². The second kappa shape index (κ2) is 5.14. The van der Waals surface area contributed by atoms with E-state index in [-0.39, 0.29) is 17.4 Å². The van der Waals surface area contributed by atoms with Gasteiger partial charge in [0.2, 0.25) is 0 Å². The van der Waals surface area contributed by atoms with Crippen LogP contribution in [0.1, 0.15) is 0 Å². The van der Waals surface area contributed by atoms with Crippen LogP contribution in [0.2, 0.25) is 0 Å². The third-order valence-corrected chi connectivity index (χ3v) is 3.54. The molecular weight excluding hydrogens is 295 g/mol. The lowest BCUT2D eigenvalue weighted by atomic mass is 10.2. The highest BCUT2D eigenvalue weighted by Gasteiger charge is 2.29. The number of nitrogens with zero attached hydrogens (tertiary/aromatic N) is 2. The third-order valence-electron chi connectivity index (χ3n) is 3.18. The molecule has 1 aromatic rings. The minimum atomic E-state index is -0.373. The fourth-order valence-electron chi connectivity index (χ4n) is 2.07. The molecular formula is C14H12ClFN4O. The minimum Gasteiger partial charge on any atom is -0.321 e. The first-order valence-electron chi connectivity index (χ1n) is 6.21. The fourth-order valence-corrected chi connectivity index (χ4v) is 2.34. The first kappa shape index (κ1) is 13.5. The summed E-state index contributed by atoms with van der Waals surface area (Å²) < 4.78 is 14.1. The molecule has 0 bridgehead atoms. The normalized spacial score (nSPS) is 16.6. The molecule has 3 rings (SSSR count). The van der Waals surface area contributed by atoms with E-state index >= 15 is 0 Å². The van der Waals surface area contributed by atoms with Gasteiger partial charge in [-0.1, -0.05) is 0 Å². The van der Waals surface area contributed by atoms with Crippen molar-refractivity contribution in [2.24, 2.45) is 0 Å². The van der Waals surface area contributed by atoms with Crippen LogP contribution in [0.15, 0.2) is 59.7 Å². The number of fused-ring (bicyclic) bond motifs is 1. The zero-order valence-corrected chi connectivity index (χ0v) is 11.9. The molecule has 0 aliphatic carbocycles. The molecule has 0 fully saturated rings. The van der Waals surface area contributed by atoms with Crippen LogP contribution in [-0.2, 0) is 4.79 Å². The van der Waals surface area contributed by atoms with Crippen LogP contribution < -0.4 is 10.7 Å². The van der Waals surface area contributed by atoms with Gasteiger partial charge in [-0.25, -0.2) is 8.81 Å². The van der Waals surface area contributed by atoms with Gasteiger partial charge in [-0.2, -0.15) is 0 Å². The zero-order chi connectivity index (χ0) is 15.0. The number of benzene rings is 1. The predicted molar refractivity (Wildman–Crippen MR) is 77.9 cm³/mol. The van der Waals surface area contributed by atoms with Crippen LogP contribution in [0.25, 0.3) is 0 Å². The van der Waals surface area contributed by atoms with Gasteiger partial charge in [-0.05, 0) is 36.4 Å². The molecule has 0 unspecified atom stereocenters. The number of amides is 1. The second-order valence-corrected chi connectivity index (χ2v) is 4.90. The average molecular weight is 307 g/mol. The number of hydrazine groups is 1. The average Bonchev–Trinajstić information content (AvgIpc) is 2.84. The molecule has 2 aliphatic rings. The van der Waals surface area contributed by atoms with Gasteiger partial charge in [0.25, 0.3) is 5.91 Å². The van der Waals surface area contributed by atoms with Crippen LogP contribution in [-0.4, -0.2) is 22.4 Å². The van der Waals surface area contributed by atoms with Crippen molar-refractivity contribution in [3.05, 3.63) is 65.5 Å². The standard InChI is InChI=1S/C14H12ClFN4O/c1-19-11-6-7-12(20(15)13(11)8-17-19)14(21)18-10-4-2-9(16)3-5-10/h2-8,17H,1H3,(H,18,21). The molecule has 0 atom stereocenters.